The first-order valence-corrected chi connectivity index (χ1v) is 39.4. The molecule has 0 heterocycles. The summed E-state index contributed by atoms with van der Waals surface area (Å²) in [5, 5.41) is 11.8. The van der Waals surface area contributed by atoms with Crippen molar-refractivity contribution in [2.45, 2.75) is 373 Å². The molecule has 0 aliphatic carbocycles. The molecule has 0 N–H and O–H groups in total. The number of likely N-dealkylation sites (N-methyl/N-ethyl adjacent to an activating group) is 1. The second kappa shape index (κ2) is 74.0. The van der Waals surface area contributed by atoms with Crippen molar-refractivity contribution in [3.8, 4) is 0 Å². The molecule has 9 heteroatoms. The van der Waals surface area contributed by atoms with E-state index < -0.39 is 24.3 Å². The molecule has 0 aliphatic rings. The van der Waals surface area contributed by atoms with Crippen molar-refractivity contribution in [3.63, 3.8) is 0 Å². The smallest absolute Gasteiger partial charge is 0.306 e. The molecule has 2 unspecified atom stereocenters. The number of unbranched alkanes of at least 4 members (excludes halogenated alkanes) is 42. The predicted octanol–water partition coefficient (Wildman–Crippen LogP) is 23.8. The van der Waals surface area contributed by atoms with E-state index in [1.807, 2.05) is 21.1 Å². The number of aliphatic carboxylic acids is 1. The van der Waals surface area contributed by atoms with Gasteiger partial charge >= 0.3 is 11.9 Å². The van der Waals surface area contributed by atoms with E-state index in [1.165, 1.54) is 238 Å². The first-order valence-electron chi connectivity index (χ1n) is 39.4. The SMILES string of the molecule is CC/C=C\C/C=C\C/C=C\C/C=C\C/C=C\C/C=C\CCCCCCCCCCC(=O)OC(COC(=O)CCCCCCCCCCCCCCCCCCCCCCCCCCCCCCC/C=C\C/C=C\CCCCCCC)COC(OCC[N+](C)(C)C)C(=O)[O-]. The molecule has 538 valence electrons. The lowest BCUT2D eigenvalue weighted by atomic mass is 10.0. The summed E-state index contributed by atoms with van der Waals surface area (Å²) >= 11 is 0. The van der Waals surface area contributed by atoms with Gasteiger partial charge in [0.2, 0.25) is 0 Å². The minimum Gasteiger partial charge on any atom is -0.545 e. The Morgan fingerprint density at radius 3 is 0.914 bits per heavy atom. The maximum Gasteiger partial charge on any atom is 0.306 e. The number of nitrogens with zero attached hydrogens (tertiary/aromatic N) is 1. The highest BCUT2D eigenvalue weighted by Gasteiger charge is 2.22. The van der Waals surface area contributed by atoms with Gasteiger partial charge < -0.3 is 33.3 Å². The van der Waals surface area contributed by atoms with E-state index in [4.69, 9.17) is 18.9 Å². The molecule has 0 aliphatic heterocycles. The Hall–Kier alpha value is -3.79. The minimum atomic E-state index is -1.63. The van der Waals surface area contributed by atoms with E-state index in [0.717, 1.165) is 89.9 Å². The van der Waals surface area contributed by atoms with E-state index >= 15 is 0 Å². The Labute approximate surface area is 575 Å². The van der Waals surface area contributed by atoms with Crippen molar-refractivity contribution >= 4 is 17.9 Å². The largest absolute Gasteiger partial charge is 0.545 e. The molecule has 0 bridgehead atoms. The highest BCUT2D eigenvalue weighted by atomic mass is 16.7. The van der Waals surface area contributed by atoms with Crippen LogP contribution in [0.3, 0.4) is 0 Å². The lowest BCUT2D eigenvalue weighted by Crippen LogP contribution is -2.44. The van der Waals surface area contributed by atoms with Gasteiger partial charge in [-0.3, -0.25) is 9.59 Å². The van der Waals surface area contributed by atoms with Gasteiger partial charge in [-0.2, -0.15) is 0 Å². The Bertz CT molecular complexity index is 1850. The third-order valence-electron chi connectivity index (χ3n) is 17.3. The molecule has 0 rings (SSSR count). The van der Waals surface area contributed by atoms with Crippen LogP contribution in [-0.4, -0.2) is 82.3 Å². The predicted molar refractivity (Wildman–Crippen MR) is 398 cm³/mol. The zero-order valence-electron chi connectivity index (χ0n) is 61.6. The fraction of sp³-hybridized carbons (Fsp3) is 0.774. The summed E-state index contributed by atoms with van der Waals surface area (Å²) in [5.41, 5.74) is 0. The fourth-order valence-electron chi connectivity index (χ4n) is 11.3. The third kappa shape index (κ3) is 75.5. The van der Waals surface area contributed by atoms with E-state index in [2.05, 4.69) is 111 Å². The summed E-state index contributed by atoms with van der Waals surface area (Å²) in [5.74, 6) is -2.28. The maximum atomic E-state index is 12.9. The summed E-state index contributed by atoms with van der Waals surface area (Å²) in [6.07, 6.45) is 99.6. The first kappa shape index (κ1) is 89.2. The minimum absolute atomic E-state index is 0.143. The van der Waals surface area contributed by atoms with Gasteiger partial charge in [0.1, 0.15) is 13.2 Å². The molecule has 0 aromatic rings. The van der Waals surface area contributed by atoms with Crippen molar-refractivity contribution in [3.05, 3.63) is 97.2 Å². The molecule has 0 aromatic carbocycles. The Balaban J connectivity index is 3.98. The lowest BCUT2D eigenvalue weighted by molar-refractivity contribution is -0.870. The van der Waals surface area contributed by atoms with Gasteiger partial charge in [-0.15, -0.1) is 0 Å². The van der Waals surface area contributed by atoms with Crippen molar-refractivity contribution in [2.24, 2.45) is 0 Å². The summed E-state index contributed by atoms with van der Waals surface area (Å²) in [6.45, 7) is 4.65. The number of carbonyl (C=O) groups excluding carboxylic acids is 3. The standard InChI is InChI=1S/C84H149NO8/c1-6-8-10-12-14-16-18-20-22-24-26-28-30-32-34-35-36-37-38-39-40-41-42-43-44-45-46-47-49-50-52-54-56-58-60-62-64-66-68-70-72-74-81(86)91-78-80(79-92-84(83(88)89)90-77-76-85(3,4)5)93-82(87)75-73-71-69-67-65-63-61-59-57-55-53-51-48-33-31-29-27-25-23-21-19-17-15-13-11-9-7-2/h9,11,15,17-18,20-21,23-24,26-27,29,33,48,53,55,80,84H,6-8,10,12-14,16,19,22,25,28,30-32,34-47,49-52,54,56-79H2,1-5H3/b11-9-,17-15-,20-18-,23-21-,26-24-,29-27-,48-33-,55-53-. The lowest BCUT2D eigenvalue weighted by Gasteiger charge is -2.26. The molecule has 0 radical (unpaired) electrons. The summed E-state index contributed by atoms with van der Waals surface area (Å²) in [4.78, 5) is 37.6. The Morgan fingerprint density at radius 1 is 0.333 bits per heavy atom. The number of hydrogen-bond donors (Lipinski definition) is 0. The normalized spacial score (nSPS) is 13.2. The molecule has 0 fully saturated rings. The quantitative estimate of drug-likeness (QED) is 0.0195. The van der Waals surface area contributed by atoms with Crippen molar-refractivity contribution in [1.82, 2.24) is 0 Å². The number of esters is 2. The van der Waals surface area contributed by atoms with Crippen LogP contribution in [0, 0.1) is 0 Å². The van der Waals surface area contributed by atoms with Crippen LogP contribution in [0.15, 0.2) is 97.2 Å². The van der Waals surface area contributed by atoms with Crippen LogP contribution in [0.1, 0.15) is 361 Å². The summed E-state index contributed by atoms with van der Waals surface area (Å²) in [6, 6.07) is 0. The number of allylic oxidation sites excluding steroid dienone is 16. The van der Waals surface area contributed by atoms with Crippen LogP contribution in [0.25, 0.3) is 0 Å². The topological polar surface area (TPSA) is 111 Å². The van der Waals surface area contributed by atoms with Crippen LogP contribution in [0.5, 0.6) is 0 Å². The molecule has 93 heavy (non-hydrogen) atoms. The van der Waals surface area contributed by atoms with Crippen molar-refractivity contribution in [2.75, 3.05) is 47.5 Å². The van der Waals surface area contributed by atoms with Gasteiger partial charge in [0.15, 0.2) is 12.4 Å². The van der Waals surface area contributed by atoms with Crippen LogP contribution in [0.2, 0.25) is 0 Å². The van der Waals surface area contributed by atoms with E-state index in [1.54, 1.807) is 0 Å². The van der Waals surface area contributed by atoms with Gasteiger partial charge in [0.25, 0.3) is 0 Å². The van der Waals surface area contributed by atoms with E-state index in [-0.39, 0.29) is 32.2 Å². The van der Waals surface area contributed by atoms with Crippen LogP contribution < -0.4 is 5.11 Å². The number of quaternary nitrogens is 1. The van der Waals surface area contributed by atoms with Gasteiger partial charge in [-0.25, -0.2) is 0 Å². The summed E-state index contributed by atoms with van der Waals surface area (Å²) < 4.78 is 22.8. The average molecular weight is 1300 g/mol. The second-order valence-corrected chi connectivity index (χ2v) is 27.6. The van der Waals surface area contributed by atoms with Crippen molar-refractivity contribution < 1.29 is 42.9 Å². The number of hydrogen-bond acceptors (Lipinski definition) is 8. The van der Waals surface area contributed by atoms with E-state index in [9.17, 15) is 19.5 Å². The molecule has 9 nitrogen and oxygen atoms in total. The fourth-order valence-corrected chi connectivity index (χ4v) is 11.3. The van der Waals surface area contributed by atoms with Crippen molar-refractivity contribution in [1.29, 1.82) is 0 Å². The molecule has 0 amide bonds. The molecule has 2 atom stereocenters. The molecular weight excluding hydrogens is 1150 g/mol. The maximum absolute atomic E-state index is 12.9. The van der Waals surface area contributed by atoms with Gasteiger partial charge in [-0.05, 0) is 96.3 Å². The number of carbonyl (C=O) groups is 3. The van der Waals surface area contributed by atoms with Crippen LogP contribution in [0.4, 0.5) is 0 Å². The average Bonchev–Trinajstić information content (AvgIpc) is 3.38. The highest BCUT2D eigenvalue weighted by molar-refractivity contribution is 5.70. The number of ether oxygens (including phenoxy) is 4. The monoisotopic (exact) mass is 1300 g/mol. The first-order chi connectivity index (χ1) is 45.6. The third-order valence-corrected chi connectivity index (χ3v) is 17.3. The molecular formula is C84H149NO8. The molecule has 0 saturated carbocycles. The van der Waals surface area contributed by atoms with E-state index in [0.29, 0.717) is 23.9 Å². The molecule has 0 aromatic heterocycles. The Morgan fingerprint density at radius 2 is 0.613 bits per heavy atom. The van der Waals surface area contributed by atoms with Gasteiger partial charge in [-0.1, -0.05) is 349 Å². The zero-order valence-corrected chi connectivity index (χ0v) is 61.6. The second-order valence-electron chi connectivity index (χ2n) is 27.6. The summed E-state index contributed by atoms with van der Waals surface area (Å²) in [7, 11) is 5.93. The number of carboxylic acids is 1. The van der Waals surface area contributed by atoms with Crippen LogP contribution in [-0.2, 0) is 33.3 Å². The van der Waals surface area contributed by atoms with Crippen LogP contribution >= 0.6 is 0 Å². The number of rotatable bonds is 73. The van der Waals surface area contributed by atoms with Gasteiger partial charge in [0, 0.05) is 12.8 Å². The number of carboxylic acid groups (broad SMARTS) is 1. The van der Waals surface area contributed by atoms with Gasteiger partial charge in [0.05, 0.1) is 40.3 Å². The Kier molecular flexibility index (Phi) is 71.0. The zero-order chi connectivity index (χ0) is 67.5. The highest BCUT2D eigenvalue weighted by Crippen LogP contribution is 2.19. The molecule has 0 saturated heterocycles. The molecule has 0 spiro atoms.